The van der Waals surface area contributed by atoms with Crippen LogP contribution < -0.4 is 10.9 Å². The van der Waals surface area contributed by atoms with Gasteiger partial charge in [-0.05, 0) is 68.5 Å². The molecule has 1 unspecified atom stereocenters. The lowest BCUT2D eigenvalue weighted by Gasteiger charge is -2.23. The van der Waals surface area contributed by atoms with Crippen LogP contribution in [0, 0.1) is 13.8 Å². The van der Waals surface area contributed by atoms with E-state index in [0.717, 1.165) is 52.7 Å². The molecule has 1 aromatic carbocycles. The van der Waals surface area contributed by atoms with Gasteiger partial charge in [0.15, 0.2) is 0 Å². The molecule has 3 aromatic rings. The van der Waals surface area contributed by atoms with Crippen LogP contribution in [-0.4, -0.2) is 35.3 Å². The lowest BCUT2D eigenvalue weighted by atomic mass is 9.99. The van der Waals surface area contributed by atoms with Crippen molar-refractivity contribution >= 4 is 22.5 Å². The van der Waals surface area contributed by atoms with Crippen LogP contribution in [0.1, 0.15) is 57.2 Å². The first kappa shape index (κ1) is 28.1. The number of hydrogen-bond acceptors (Lipinski definition) is 6. The minimum absolute atomic E-state index is 0.0543. The van der Waals surface area contributed by atoms with Crippen LogP contribution in [0.2, 0.25) is 0 Å². The summed E-state index contributed by atoms with van der Waals surface area (Å²) in [7, 11) is 3.39. The second kappa shape index (κ2) is 13.2. The molecule has 0 aliphatic carbocycles. The molecule has 0 radical (unpaired) electrons. The van der Waals surface area contributed by atoms with Gasteiger partial charge in [-0.15, -0.1) is 0 Å². The first-order chi connectivity index (χ1) is 17.8. The Kier molecular flexibility index (Phi) is 10.0. The van der Waals surface area contributed by atoms with Crippen molar-refractivity contribution in [1.82, 2.24) is 9.55 Å². The van der Waals surface area contributed by atoms with E-state index in [-0.39, 0.29) is 11.7 Å². The number of benzene rings is 1. The number of anilines is 1. The lowest BCUT2D eigenvalue weighted by Crippen LogP contribution is -2.29. The Hall–Kier alpha value is -3.45. The summed E-state index contributed by atoms with van der Waals surface area (Å²) >= 11 is 0. The SMILES string of the molecule is C=C(/N=C(\OC)C1CCCCO1)Nc1ccc(C)c(-c2cc3cnc(C)cc3n(C)c2=O)c1.CCCC. The predicted octanol–water partition coefficient (Wildman–Crippen LogP) is 6.52. The molecule has 1 fully saturated rings. The maximum absolute atomic E-state index is 13.2. The molecule has 1 saturated heterocycles. The Morgan fingerprint density at radius 1 is 1.19 bits per heavy atom. The van der Waals surface area contributed by atoms with Crippen molar-refractivity contribution in [2.24, 2.45) is 12.0 Å². The van der Waals surface area contributed by atoms with Crippen molar-refractivity contribution in [2.75, 3.05) is 19.0 Å². The smallest absolute Gasteiger partial charge is 0.258 e. The molecule has 2 aromatic heterocycles. The molecule has 1 aliphatic rings. The number of ether oxygens (including phenoxy) is 2. The van der Waals surface area contributed by atoms with E-state index in [1.807, 2.05) is 44.2 Å². The van der Waals surface area contributed by atoms with Gasteiger partial charge < -0.3 is 19.4 Å². The Labute approximate surface area is 220 Å². The summed E-state index contributed by atoms with van der Waals surface area (Å²) in [6, 6.07) is 9.71. The molecule has 1 N–H and O–H groups in total. The number of nitrogens with zero attached hydrogens (tertiary/aromatic N) is 3. The average Bonchev–Trinajstić information content (AvgIpc) is 2.91. The standard InChI is InChI=1S/C26H30N4O3.C4H10/c1-16-9-10-20(28-18(3)29-25(32-5)24-8-6-7-11-33-24)14-21(16)22-13-19-15-27-17(2)12-23(19)30(4)26(22)31;1-3-4-2/h9-10,12-15,24,28H,3,6-8,11H2,1-2,4-5H3;3-4H2,1-2H3/b29-25-;. The zero-order valence-electron chi connectivity index (χ0n) is 23.1. The zero-order chi connectivity index (χ0) is 26.9. The van der Waals surface area contributed by atoms with Crippen molar-refractivity contribution in [3.05, 3.63) is 70.5 Å². The first-order valence-corrected chi connectivity index (χ1v) is 13.1. The minimum atomic E-state index is -0.145. The van der Waals surface area contributed by atoms with Gasteiger partial charge in [0, 0.05) is 42.2 Å². The number of fused-ring (bicyclic) bond motifs is 1. The van der Waals surface area contributed by atoms with E-state index in [1.54, 1.807) is 24.9 Å². The van der Waals surface area contributed by atoms with Gasteiger partial charge in [0.1, 0.15) is 11.9 Å². The fraction of sp³-hybridized carbons (Fsp3) is 0.433. The van der Waals surface area contributed by atoms with Crippen molar-refractivity contribution in [3.8, 4) is 11.1 Å². The molecule has 198 valence electrons. The van der Waals surface area contributed by atoms with Crippen molar-refractivity contribution in [1.29, 1.82) is 0 Å². The Balaban J connectivity index is 0.000000886. The highest BCUT2D eigenvalue weighted by Crippen LogP contribution is 2.27. The molecule has 3 heterocycles. The second-order valence-electron chi connectivity index (χ2n) is 9.42. The van der Waals surface area contributed by atoms with Gasteiger partial charge in [0.05, 0.1) is 12.6 Å². The van der Waals surface area contributed by atoms with Crippen LogP contribution in [-0.2, 0) is 16.5 Å². The highest BCUT2D eigenvalue weighted by Gasteiger charge is 2.21. The van der Waals surface area contributed by atoms with Crippen LogP contribution in [0.15, 0.2) is 58.7 Å². The quantitative estimate of drug-likeness (QED) is 0.305. The molecule has 7 heteroatoms. The van der Waals surface area contributed by atoms with E-state index in [0.29, 0.717) is 23.9 Å². The number of aromatic nitrogens is 2. The van der Waals surface area contributed by atoms with Crippen LogP contribution in [0.5, 0.6) is 0 Å². The molecule has 7 nitrogen and oxygen atoms in total. The van der Waals surface area contributed by atoms with Crippen LogP contribution in [0.3, 0.4) is 0 Å². The van der Waals surface area contributed by atoms with Gasteiger partial charge in [-0.2, -0.15) is 4.99 Å². The molecular formula is C30H40N4O3. The van der Waals surface area contributed by atoms with Gasteiger partial charge >= 0.3 is 0 Å². The van der Waals surface area contributed by atoms with Crippen molar-refractivity contribution < 1.29 is 9.47 Å². The summed E-state index contributed by atoms with van der Waals surface area (Å²) < 4.78 is 12.9. The summed E-state index contributed by atoms with van der Waals surface area (Å²) in [6.07, 6.45) is 7.33. The van der Waals surface area contributed by atoms with E-state index >= 15 is 0 Å². The lowest BCUT2D eigenvalue weighted by molar-refractivity contribution is 0.0452. The normalized spacial score (nSPS) is 15.6. The zero-order valence-corrected chi connectivity index (χ0v) is 23.1. The molecule has 1 atom stereocenters. The van der Waals surface area contributed by atoms with Crippen LogP contribution in [0.25, 0.3) is 22.0 Å². The van der Waals surface area contributed by atoms with E-state index in [4.69, 9.17) is 9.47 Å². The third kappa shape index (κ3) is 7.07. The Morgan fingerprint density at radius 3 is 2.59 bits per heavy atom. The number of aryl methyl sites for hydroxylation is 3. The van der Waals surface area contributed by atoms with Crippen LogP contribution in [0.4, 0.5) is 5.69 Å². The average molecular weight is 505 g/mol. The summed E-state index contributed by atoms with van der Waals surface area (Å²) in [5.74, 6) is 0.965. The first-order valence-electron chi connectivity index (χ1n) is 13.1. The molecule has 4 rings (SSSR count). The predicted molar refractivity (Wildman–Crippen MR) is 153 cm³/mol. The van der Waals surface area contributed by atoms with Crippen molar-refractivity contribution in [3.63, 3.8) is 0 Å². The van der Waals surface area contributed by atoms with E-state index in [9.17, 15) is 4.79 Å². The summed E-state index contributed by atoms with van der Waals surface area (Å²) in [6.45, 7) is 13.0. The number of nitrogens with one attached hydrogen (secondary N) is 1. The molecule has 0 spiro atoms. The number of rotatable bonds is 6. The minimum Gasteiger partial charge on any atom is -0.482 e. The number of methoxy groups -OCH3 is 1. The Bertz CT molecular complexity index is 1320. The highest BCUT2D eigenvalue weighted by molar-refractivity contribution is 5.85. The van der Waals surface area contributed by atoms with E-state index in [1.165, 1.54) is 12.8 Å². The summed E-state index contributed by atoms with van der Waals surface area (Å²) in [5.41, 5.74) is 4.94. The number of unbranched alkanes of at least 4 members (excludes halogenated alkanes) is 1. The molecule has 1 aliphatic heterocycles. The monoisotopic (exact) mass is 504 g/mol. The fourth-order valence-electron chi connectivity index (χ4n) is 4.16. The van der Waals surface area contributed by atoms with E-state index in [2.05, 4.69) is 35.7 Å². The highest BCUT2D eigenvalue weighted by atomic mass is 16.5. The van der Waals surface area contributed by atoms with Gasteiger partial charge in [-0.1, -0.05) is 39.3 Å². The van der Waals surface area contributed by atoms with Gasteiger partial charge in [-0.3, -0.25) is 9.78 Å². The van der Waals surface area contributed by atoms with Gasteiger partial charge in [0.2, 0.25) is 5.90 Å². The molecular weight excluding hydrogens is 464 g/mol. The molecule has 0 saturated carbocycles. The maximum Gasteiger partial charge on any atom is 0.258 e. The number of pyridine rings is 2. The fourth-order valence-corrected chi connectivity index (χ4v) is 4.16. The van der Waals surface area contributed by atoms with Gasteiger partial charge in [-0.25, -0.2) is 0 Å². The third-order valence-corrected chi connectivity index (χ3v) is 6.47. The topological polar surface area (TPSA) is 77.7 Å². The van der Waals surface area contributed by atoms with Crippen molar-refractivity contribution in [2.45, 2.75) is 65.9 Å². The molecule has 0 amide bonds. The largest absolute Gasteiger partial charge is 0.482 e. The summed E-state index contributed by atoms with van der Waals surface area (Å²) in [5, 5.41) is 4.14. The molecule has 0 bridgehead atoms. The van der Waals surface area contributed by atoms with Gasteiger partial charge in [0.25, 0.3) is 5.56 Å². The van der Waals surface area contributed by atoms with Crippen LogP contribution >= 0.6 is 0 Å². The molecule has 37 heavy (non-hydrogen) atoms. The summed E-state index contributed by atoms with van der Waals surface area (Å²) in [4.78, 5) is 22.1. The maximum atomic E-state index is 13.2. The number of aliphatic imine (C=N–C) groups is 1. The second-order valence-corrected chi connectivity index (χ2v) is 9.42. The Morgan fingerprint density at radius 2 is 1.95 bits per heavy atom. The third-order valence-electron chi connectivity index (χ3n) is 6.47. The number of hydrogen-bond donors (Lipinski definition) is 1. The van der Waals surface area contributed by atoms with E-state index < -0.39 is 0 Å².